The molecule has 0 unspecified atom stereocenters. The molecule has 4 heteroatoms. The fraction of sp³-hybridized carbons (Fsp3) is 0.333. The van der Waals surface area contributed by atoms with Crippen LogP contribution in [0.4, 0.5) is 0 Å². The minimum atomic E-state index is -1.25. The Balaban J connectivity index is 2.07. The van der Waals surface area contributed by atoms with Gasteiger partial charge in [-0.15, -0.1) is 0 Å². The van der Waals surface area contributed by atoms with Crippen LogP contribution < -0.4 is 5.32 Å². The van der Waals surface area contributed by atoms with E-state index in [-0.39, 0.29) is 5.91 Å². The largest absolute Gasteiger partial charge is 0.446 e. The average Bonchev–Trinajstić information content (AvgIpc) is 2.52. The third kappa shape index (κ3) is 4.69. The number of hydrogen-bond acceptors (Lipinski definition) is 3. The number of benzene rings is 2. The number of carbonyl (C=O) groups is 2. The van der Waals surface area contributed by atoms with Gasteiger partial charge in [0.15, 0.2) is 5.60 Å². The molecule has 0 saturated carbocycles. The van der Waals surface area contributed by atoms with E-state index in [0.717, 1.165) is 22.3 Å². The van der Waals surface area contributed by atoms with Gasteiger partial charge < -0.3 is 10.1 Å². The minimum absolute atomic E-state index is 0.327. The fourth-order valence-corrected chi connectivity index (χ4v) is 2.82. The summed E-state index contributed by atoms with van der Waals surface area (Å²) in [5.41, 5.74) is 3.05. The highest BCUT2D eigenvalue weighted by Gasteiger charge is 2.33. The second-order valence-corrected chi connectivity index (χ2v) is 6.84. The lowest BCUT2D eigenvalue weighted by Gasteiger charge is -2.25. The van der Waals surface area contributed by atoms with Gasteiger partial charge in [-0.05, 0) is 51.3 Å². The molecule has 2 aromatic carbocycles. The Morgan fingerprint density at radius 3 is 2.12 bits per heavy atom. The molecule has 132 valence electrons. The maximum Gasteiger partial charge on any atom is 0.339 e. The predicted molar refractivity (Wildman–Crippen MR) is 98.4 cm³/mol. The Kier molecular flexibility index (Phi) is 5.62. The zero-order chi connectivity index (χ0) is 18.6. The molecule has 0 heterocycles. The Labute approximate surface area is 149 Å². The number of esters is 1. The molecule has 2 aromatic rings. The number of aryl methyl sites for hydroxylation is 3. The van der Waals surface area contributed by atoms with Gasteiger partial charge in [0.25, 0.3) is 5.91 Å². The van der Waals surface area contributed by atoms with E-state index >= 15 is 0 Å². The summed E-state index contributed by atoms with van der Waals surface area (Å²) in [6.07, 6.45) is 0. The highest BCUT2D eigenvalue weighted by Crippen LogP contribution is 2.21. The van der Waals surface area contributed by atoms with Gasteiger partial charge in [0.1, 0.15) is 0 Å². The van der Waals surface area contributed by atoms with Crippen molar-refractivity contribution in [3.63, 3.8) is 0 Å². The van der Waals surface area contributed by atoms with E-state index < -0.39 is 11.6 Å². The lowest BCUT2D eigenvalue weighted by atomic mass is 9.99. The van der Waals surface area contributed by atoms with E-state index in [1.165, 1.54) is 0 Å². The quantitative estimate of drug-likeness (QED) is 0.842. The van der Waals surface area contributed by atoms with Crippen molar-refractivity contribution in [2.75, 3.05) is 0 Å². The molecule has 0 aliphatic carbocycles. The summed E-state index contributed by atoms with van der Waals surface area (Å²) in [6.45, 7) is 9.33. The lowest BCUT2D eigenvalue weighted by Crippen LogP contribution is -2.45. The summed E-state index contributed by atoms with van der Waals surface area (Å²) >= 11 is 0. The first-order chi connectivity index (χ1) is 11.7. The minimum Gasteiger partial charge on any atom is -0.446 e. The first kappa shape index (κ1) is 18.7. The SMILES string of the molecule is Cc1cc(C)c(C(=O)OC(C)(C)C(=O)NCc2ccccc2)c(C)c1. The van der Waals surface area contributed by atoms with E-state index in [4.69, 9.17) is 4.74 Å². The van der Waals surface area contributed by atoms with Gasteiger partial charge in [0.2, 0.25) is 0 Å². The van der Waals surface area contributed by atoms with Crippen molar-refractivity contribution in [1.82, 2.24) is 5.32 Å². The van der Waals surface area contributed by atoms with Crippen LogP contribution in [0.25, 0.3) is 0 Å². The molecule has 0 aliphatic rings. The van der Waals surface area contributed by atoms with Crippen molar-refractivity contribution >= 4 is 11.9 Å². The summed E-state index contributed by atoms with van der Waals surface area (Å²) in [4.78, 5) is 25.0. The van der Waals surface area contributed by atoms with Crippen molar-refractivity contribution in [1.29, 1.82) is 0 Å². The van der Waals surface area contributed by atoms with Gasteiger partial charge in [-0.1, -0.05) is 48.0 Å². The van der Waals surface area contributed by atoms with E-state index in [0.29, 0.717) is 12.1 Å². The Bertz CT molecular complexity index is 756. The molecule has 1 amide bonds. The van der Waals surface area contributed by atoms with E-state index in [9.17, 15) is 9.59 Å². The summed E-state index contributed by atoms with van der Waals surface area (Å²) in [7, 11) is 0. The van der Waals surface area contributed by atoms with Gasteiger partial charge >= 0.3 is 5.97 Å². The maximum atomic E-state index is 12.6. The molecule has 25 heavy (non-hydrogen) atoms. The standard InChI is InChI=1S/C21H25NO3/c1-14-11-15(2)18(16(3)12-14)19(23)25-21(4,5)20(24)22-13-17-9-7-6-8-10-17/h6-12H,13H2,1-5H3,(H,22,24). The smallest absolute Gasteiger partial charge is 0.339 e. The number of hydrogen-bond donors (Lipinski definition) is 1. The summed E-state index contributed by atoms with van der Waals surface area (Å²) in [5.74, 6) is -0.804. The Morgan fingerprint density at radius 2 is 1.56 bits per heavy atom. The summed E-state index contributed by atoms with van der Waals surface area (Å²) in [5, 5.41) is 2.82. The topological polar surface area (TPSA) is 55.4 Å². The third-order valence-corrected chi connectivity index (χ3v) is 4.07. The first-order valence-electron chi connectivity index (χ1n) is 8.34. The van der Waals surface area contributed by atoms with Crippen LogP contribution in [-0.2, 0) is 16.1 Å². The van der Waals surface area contributed by atoms with Crippen LogP contribution in [0, 0.1) is 20.8 Å². The van der Waals surface area contributed by atoms with Gasteiger partial charge in [-0.2, -0.15) is 0 Å². The van der Waals surface area contributed by atoms with E-state index in [1.807, 2.05) is 63.2 Å². The van der Waals surface area contributed by atoms with Gasteiger partial charge in [0, 0.05) is 6.54 Å². The average molecular weight is 339 g/mol. The molecule has 4 nitrogen and oxygen atoms in total. The molecule has 0 aliphatic heterocycles. The number of rotatable bonds is 5. The molecule has 0 spiro atoms. The molecule has 0 fully saturated rings. The molecule has 0 saturated heterocycles. The van der Waals surface area contributed by atoms with E-state index in [1.54, 1.807) is 13.8 Å². The molecule has 0 bridgehead atoms. The van der Waals surface area contributed by atoms with Crippen LogP contribution in [0.15, 0.2) is 42.5 Å². The Morgan fingerprint density at radius 1 is 1.00 bits per heavy atom. The van der Waals surface area contributed by atoms with Crippen molar-refractivity contribution < 1.29 is 14.3 Å². The monoisotopic (exact) mass is 339 g/mol. The molecule has 0 atom stereocenters. The van der Waals surface area contributed by atoms with Crippen LogP contribution >= 0.6 is 0 Å². The molecular formula is C21H25NO3. The second-order valence-electron chi connectivity index (χ2n) is 6.84. The van der Waals surface area contributed by atoms with Gasteiger partial charge in [-0.3, -0.25) is 4.79 Å². The number of carbonyl (C=O) groups excluding carboxylic acids is 2. The van der Waals surface area contributed by atoms with Crippen molar-refractivity contribution in [3.8, 4) is 0 Å². The third-order valence-electron chi connectivity index (χ3n) is 4.07. The first-order valence-corrected chi connectivity index (χ1v) is 8.34. The van der Waals surface area contributed by atoms with Crippen LogP contribution in [0.5, 0.6) is 0 Å². The van der Waals surface area contributed by atoms with Gasteiger partial charge in [0.05, 0.1) is 5.56 Å². The van der Waals surface area contributed by atoms with Crippen molar-refractivity contribution in [3.05, 3.63) is 70.3 Å². The molecule has 1 N–H and O–H groups in total. The van der Waals surface area contributed by atoms with Gasteiger partial charge in [-0.25, -0.2) is 4.79 Å². The number of ether oxygens (including phenoxy) is 1. The van der Waals surface area contributed by atoms with Crippen LogP contribution in [-0.4, -0.2) is 17.5 Å². The molecule has 0 aromatic heterocycles. The molecule has 0 radical (unpaired) electrons. The zero-order valence-electron chi connectivity index (χ0n) is 15.5. The highest BCUT2D eigenvalue weighted by molar-refractivity contribution is 5.96. The fourth-order valence-electron chi connectivity index (χ4n) is 2.82. The highest BCUT2D eigenvalue weighted by atomic mass is 16.6. The van der Waals surface area contributed by atoms with Crippen molar-refractivity contribution in [2.45, 2.75) is 46.8 Å². The van der Waals surface area contributed by atoms with Crippen molar-refractivity contribution in [2.24, 2.45) is 0 Å². The summed E-state index contributed by atoms with van der Waals surface area (Å²) < 4.78 is 5.52. The molecular weight excluding hydrogens is 314 g/mol. The van der Waals surface area contributed by atoms with Crippen LogP contribution in [0.3, 0.4) is 0 Å². The number of amides is 1. The Hall–Kier alpha value is -2.62. The lowest BCUT2D eigenvalue weighted by molar-refractivity contribution is -0.137. The predicted octanol–water partition coefficient (Wildman–Crippen LogP) is 3.86. The van der Waals surface area contributed by atoms with E-state index in [2.05, 4.69) is 5.32 Å². The summed E-state index contributed by atoms with van der Waals surface area (Å²) in [6, 6.07) is 13.5. The van der Waals surface area contributed by atoms with Crippen LogP contribution in [0.1, 0.15) is 46.5 Å². The maximum absolute atomic E-state index is 12.6. The second kappa shape index (κ2) is 7.51. The zero-order valence-corrected chi connectivity index (χ0v) is 15.5. The number of nitrogens with one attached hydrogen (secondary N) is 1. The normalized spacial score (nSPS) is 11.1. The van der Waals surface area contributed by atoms with Crippen LogP contribution in [0.2, 0.25) is 0 Å². The molecule has 2 rings (SSSR count).